The number of rotatable bonds is 7. The Hall–Kier alpha value is -2.57. The zero-order valence-electron chi connectivity index (χ0n) is 18.2. The van der Waals surface area contributed by atoms with Crippen LogP contribution in [0.25, 0.3) is 0 Å². The number of hydrogen-bond donors (Lipinski definition) is 1. The summed E-state index contributed by atoms with van der Waals surface area (Å²) in [5.41, 5.74) is 1.03. The first-order valence-corrected chi connectivity index (χ1v) is 10.9. The van der Waals surface area contributed by atoms with Gasteiger partial charge in [0.15, 0.2) is 0 Å². The number of nitrogens with zero attached hydrogens (tertiary/aromatic N) is 2. The summed E-state index contributed by atoms with van der Waals surface area (Å²) in [7, 11) is 1.64. The van der Waals surface area contributed by atoms with Crippen molar-refractivity contribution in [2.24, 2.45) is 0 Å². The van der Waals surface area contributed by atoms with E-state index < -0.39 is 0 Å². The van der Waals surface area contributed by atoms with E-state index in [9.17, 15) is 14.4 Å². The maximum Gasteiger partial charge on any atom is 0.243 e. The Bertz CT molecular complexity index is 771. The summed E-state index contributed by atoms with van der Waals surface area (Å²) >= 11 is 0. The topological polar surface area (TPSA) is 79.0 Å². The van der Waals surface area contributed by atoms with Crippen LogP contribution in [0.5, 0.6) is 5.75 Å². The molecule has 1 aromatic rings. The fourth-order valence-electron chi connectivity index (χ4n) is 4.50. The van der Waals surface area contributed by atoms with Gasteiger partial charge in [-0.1, -0.05) is 18.2 Å². The van der Waals surface area contributed by atoms with Crippen LogP contribution in [0, 0.1) is 0 Å². The summed E-state index contributed by atoms with van der Waals surface area (Å²) in [6.45, 7) is 5.09. The molecule has 2 aliphatic heterocycles. The van der Waals surface area contributed by atoms with Crippen molar-refractivity contribution in [2.45, 2.75) is 70.5 Å². The Morgan fingerprint density at radius 3 is 2.53 bits per heavy atom. The number of para-hydroxylation sites is 1. The lowest BCUT2D eigenvalue weighted by Gasteiger charge is -2.39. The molecular weight excluding hydrogens is 382 g/mol. The molecule has 1 aromatic carbocycles. The molecule has 3 amide bonds. The van der Waals surface area contributed by atoms with Crippen LogP contribution in [-0.4, -0.2) is 65.8 Å². The molecule has 2 aliphatic rings. The lowest BCUT2D eigenvalue weighted by atomic mass is 10.0. The number of aryl methyl sites for hydroxylation is 1. The van der Waals surface area contributed by atoms with Crippen LogP contribution < -0.4 is 10.1 Å². The minimum Gasteiger partial charge on any atom is -0.496 e. The molecule has 0 radical (unpaired) electrons. The number of nitrogens with one attached hydrogen (secondary N) is 1. The molecule has 1 unspecified atom stereocenters. The number of ether oxygens (including phenoxy) is 1. The summed E-state index contributed by atoms with van der Waals surface area (Å²) in [6.07, 6.45) is 3.52. The molecule has 2 fully saturated rings. The second kappa shape index (κ2) is 9.96. The van der Waals surface area contributed by atoms with E-state index in [-0.39, 0.29) is 35.8 Å². The van der Waals surface area contributed by atoms with Gasteiger partial charge in [-0.2, -0.15) is 0 Å². The van der Waals surface area contributed by atoms with Gasteiger partial charge < -0.3 is 19.9 Å². The van der Waals surface area contributed by atoms with E-state index in [1.54, 1.807) is 12.0 Å². The van der Waals surface area contributed by atoms with Crippen molar-refractivity contribution in [2.75, 3.05) is 20.2 Å². The predicted octanol–water partition coefficient (Wildman–Crippen LogP) is 2.13. The second-order valence-electron chi connectivity index (χ2n) is 8.44. The number of amides is 3. The monoisotopic (exact) mass is 415 g/mol. The molecule has 1 atom stereocenters. The third kappa shape index (κ3) is 5.12. The van der Waals surface area contributed by atoms with Gasteiger partial charge in [0.05, 0.1) is 7.11 Å². The number of carbonyl (C=O) groups excluding carboxylic acids is 3. The summed E-state index contributed by atoms with van der Waals surface area (Å²) in [6, 6.07) is 7.47. The zero-order valence-corrected chi connectivity index (χ0v) is 18.2. The highest BCUT2D eigenvalue weighted by Crippen LogP contribution is 2.28. The Morgan fingerprint density at radius 2 is 1.87 bits per heavy atom. The Balaban J connectivity index is 1.52. The maximum absolute atomic E-state index is 12.7. The first-order valence-electron chi connectivity index (χ1n) is 10.9. The third-order valence-electron chi connectivity index (χ3n) is 6.00. The van der Waals surface area contributed by atoms with Gasteiger partial charge in [-0.15, -0.1) is 0 Å². The van der Waals surface area contributed by atoms with Crippen molar-refractivity contribution >= 4 is 17.7 Å². The number of piperidine rings is 1. The fraction of sp³-hybridized carbons (Fsp3) is 0.609. The van der Waals surface area contributed by atoms with E-state index in [1.807, 2.05) is 43.0 Å². The van der Waals surface area contributed by atoms with E-state index in [4.69, 9.17) is 4.74 Å². The van der Waals surface area contributed by atoms with Gasteiger partial charge >= 0.3 is 0 Å². The molecule has 30 heavy (non-hydrogen) atoms. The number of carbonyl (C=O) groups is 3. The van der Waals surface area contributed by atoms with Gasteiger partial charge in [-0.05, 0) is 51.2 Å². The van der Waals surface area contributed by atoms with Crippen molar-refractivity contribution < 1.29 is 19.1 Å². The fourth-order valence-corrected chi connectivity index (χ4v) is 4.50. The highest BCUT2D eigenvalue weighted by atomic mass is 16.5. The third-order valence-corrected chi connectivity index (χ3v) is 6.00. The molecule has 3 rings (SSSR count). The highest BCUT2D eigenvalue weighted by Gasteiger charge is 2.41. The molecule has 7 heteroatoms. The van der Waals surface area contributed by atoms with Gasteiger partial charge in [0.1, 0.15) is 11.8 Å². The Labute approximate surface area is 178 Å². The number of hydrogen-bond acceptors (Lipinski definition) is 4. The van der Waals surface area contributed by atoms with Gasteiger partial charge in [-0.3, -0.25) is 14.4 Å². The molecule has 2 heterocycles. The molecule has 164 valence electrons. The largest absolute Gasteiger partial charge is 0.496 e. The number of methoxy groups -OCH3 is 1. The van der Waals surface area contributed by atoms with Crippen molar-refractivity contribution in [1.82, 2.24) is 15.1 Å². The van der Waals surface area contributed by atoms with Gasteiger partial charge in [-0.25, -0.2) is 0 Å². The predicted molar refractivity (Wildman–Crippen MR) is 114 cm³/mol. The minimum absolute atomic E-state index is 0.0289. The van der Waals surface area contributed by atoms with Gasteiger partial charge in [0.2, 0.25) is 17.7 Å². The van der Waals surface area contributed by atoms with Crippen molar-refractivity contribution in [3.8, 4) is 5.75 Å². The molecule has 0 bridgehead atoms. The summed E-state index contributed by atoms with van der Waals surface area (Å²) < 4.78 is 5.36. The van der Waals surface area contributed by atoms with Crippen LogP contribution in [0.4, 0.5) is 0 Å². The summed E-state index contributed by atoms with van der Waals surface area (Å²) in [4.78, 5) is 41.4. The van der Waals surface area contributed by atoms with Crippen molar-refractivity contribution in [3.63, 3.8) is 0 Å². The molecule has 0 saturated carbocycles. The summed E-state index contributed by atoms with van der Waals surface area (Å²) in [5, 5.41) is 2.94. The van der Waals surface area contributed by atoms with Crippen LogP contribution in [0.2, 0.25) is 0 Å². The molecule has 1 N–H and O–H groups in total. The average molecular weight is 416 g/mol. The normalized spacial score (nSPS) is 20.0. The van der Waals surface area contributed by atoms with Crippen molar-refractivity contribution in [1.29, 1.82) is 0 Å². The maximum atomic E-state index is 12.7. The number of likely N-dealkylation sites (tertiary alicyclic amines) is 2. The highest BCUT2D eigenvalue weighted by molar-refractivity contribution is 5.91. The Morgan fingerprint density at radius 1 is 1.17 bits per heavy atom. The van der Waals surface area contributed by atoms with Crippen LogP contribution in [-0.2, 0) is 20.8 Å². The van der Waals surface area contributed by atoms with E-state index in [1.165, 1.54) is 0 Å². The van der Waals surface area contributed by atoms with E-state index in [0.29, 0.717) is 38.8 Å². The number of benzene rings is 1. The lowest BCUT2D eigenvalue weighted by Crippen LogP contribution is -2.54. The molecular formula is C23H33N3O4. The van der Waals surface area contributed by atoms with Crippen LogP contribution in [0.1, 0.15) is 51.5 Å². The quantitative estimate of drug-likeness (QED) is 0.740. The van der Waals surface area contributed by atoms with Crippen molar-refractivity contribution in [3.05, 3.63) is 29.8 Å². The Kier molecular flexibility index (Phi) is 7.34. The van der Waals surface area contributed by atoms with E-state index >= 15 is 0 Å². The SMILES string of the molecule is COc1ccccc1CCC(=O)N1CCC(N2C(=O)CCC2C(=O)NC(C)C)CC1. The smallest absolute Gasteiger partial charge is 0.243 e. The molecule has 2 saturated heterocycles. The molecule has 0 aliphatic carbocycles. The van der Waals surface area contributed by atoms with E-state index in [0.717, 1.165) is 24.2 Å². The second-order valence-corrected chi connectivity index (χ2v) is 8.44. The van der Waals surface area contributed by atoms with E-state index in [2.05, 4.69) is 5.32 Å². The van der Waals surface area contributed by atoms with Crippen LogP contribution >= 0.6 is 0 Å². The molecule has 0 spiro atoms. The van der Waals surface area contributed by atoms with Crippen LogP contribution in [0.3, 0.4) is 0 Å². The first-order chi connectivity index (χ1) is 14.4. The van der Waals surface area contributed by atoms with Gasteiger partial charge in [0.25, 0.3) is 0 Å². The minimum atomic E-state index is -0.377. The molecule has 0 aromatic heterocycles. The average Bonchev–Trinajstić information content (AvgIpc) is 3.13. The first kappa shape index (κ1) is 22.1. The molecule has 7 nitrogen and oxygen atoms in total. The summed E-state index contributed by atoms with van der Waals surface area (Å²) in [5.74, 6) is 0.925. The lowest BCUT2D eigenvalue weighted by molar-refractivity contribution is -0.140. The van der Waals surface area contributed by atoms with Gasteiger partial charge in [0, 0.05) is 38.0 Å². The standard InChI is InChI=1S/C23H33N3O4/c1-16(2)24-23(29)19-9-11-22(28)26(19)18-12-14-25(15-13-18)21(27)10-8-17-6-4-5-7-20(17)30-3/h4-7,16,18-19H,8-15H2,1-3H3,(H,24,29). The van der Waals surface area contributed by atoms with Crippen LogP contribution in [0.15, 0.2) is 24.3 Å². The zero-order chi connectivity index (χ0) is 21.7.